The Labute approximate surface area is 140 Å². The van der Waals surface area contributed by atoms with Crippen LogP contribution < -0.4 is 5.32 Å². The first kappa shape index (κ1) is 17.8. The molecule has 1 aromatic rings. The second-order valence-corrected chi connectivity index (χ2v) is 6.63. The van der Waals surface area contributed by atoms with Crippen molar-refractivity contribution in [3.05, 3.63) is 35.9 Å². The summed E-state index contributed by atoms with van der Waals surface area (Å²) in [5.74, 6) is 0. The number of carbonyl (C=O) groups is 1. The molecule has 0 radical (unpaired) electrons. The topological polar surface area (TPSA) is 41.6 Å². The van der Waals surface area contributed by atoms with E-state index in [1.165, 1.54) is 6.42 Å². The molecule has 0 spiro atoms. The Morgan fingerprint density at radius 2 is 2.09 bits per heavy atom. The summed E-state index contributed by atoms with van der Waals surface area (Å²) in [5, 5.41) is 3.44. The average molecular weight is 318 g/mol. The van der Waals surface area contributed by atoms with Gasteiger partial charge in [0.2, 0.25) is 0 Å². The maximum absolute atomic E-state index is 12.4. The monoisotopic (exact) mass is 318 g/mol. The first-order valence-electron chi connectivity index (χ1n) is 8.87. The third-order valence-electron chi connectivity index (χ3n) is 4.33. The summed E-state index contributed by atoms with van der Waals surface area (Å²) >= 11 is 0. The van der Waals surface area contributed by atoms with Crippen LogP contribution in [0.5, 0.6) is 0 Å². The summed E-state index contributed by atoms with van der Waals surface area (Å²) in [5.41, 5.74) is 1.04. The number of benzene rings is 1. The lowest BCUT2D eigenvalue weighted by molar-refractivity contribution is 0.0655. The quantitative estimate of drug-likeness (QED) is 0.774. The Kier molecular flexibility index (Phi) is 7.40. The highest BCUT2D eigenvalue weighted by molar-refractivity contribution is 5.68. The van der Waals surface area contributed by atoms with Crippen molar-refractivity contribution in [1.29, 1.82) is 0 Å². The van der Waals surface area contributed by atoms with Crippen molar-refractivity contribution in [2.75, 3.05) is 13.1 Å². The number of carbonyl (C=O) groups excluding carboxylic acids is 1. The normalized spacial score (nSPS) is 18.2. The molecule has 1 N–H and O–H groups in total. The number of rotatable bonds is 7. The third-order valence-corrected chi connectivity index (χ3v) is 4.33. The Bertz CT molecular complexity index is 462. The van der Waals surface area contributed by atoms with E-state index in [2.05, 4.69) is 19.2 Å². The lowest BCUT2D eigenvalue weighted by atomic mass is 9.98. The molecule has 4 nitrogen and oxygen atoms in total. The van der Waals surface area contributed by atoms with Gasteiger partial charge in [-0.25, -0.2) is 4.79 Å². The molecule has 1 atom stereocenters. The van der Waals surface area contributed by atoms with E-state index in [-0.39, 0.29) is 6.09 Å². The van der Waals surface area contributed by atoms with Crippen LogP contribution in [0.4, 0.5) is 4.79 Å². The molecule has 4 heteroatoms. The second-order valence-electron chi connectivity index (χ2n) is 6.63. The summed E-state index contributed by atoms with van der Waals surface area (Å²) in [6, 6.07) is 10.7. The smallest absolute Gasteiger partial charge is 0.410 e. The van der Waals surface area contributed by atoms with Crippen LogP contribution in [0.15, 0.2) is 30.3 Å². The number of nitrogens with one attached hydrogen (secondary N) is 1. The van der Waals surface area contributed by atoms with Crippen LogP contribution in [-0.4, -0.2) is 36.2 Å². The van der Waals surface area contributed by atoms with Gasteiger partial charge >= 0.3 is 6.09 Å². The third kappa shape index (κ3) is 6.22. The number of nitrogens with zero attached hydrogens (tertiary/aromatic N) is 1. The molecule has 1 fully saturated rings. The first-order chi connectivity index (χ1) is 11.2. The molecular weight excluding hydrogens is 288 g/mol. The molecule has 1 aromatic carbocycles. The Morgan fingerprint density at radius 3 is 2.83 bits per heavy atom. The highest BCUT2D eigenvalue weighted by atomic mass is 16.6. The first-order valence-corrected chi connectivity index (χ1v) is 8.87. The average Bonchev–Trinajstić information content (AvgIpc) is 2.58. The van der Waals surface area contributed by atoms with E-state index in [9.17, 15) is 4.79 Å². The van der Waals surface area contributed by atoms with Crippen molar-refractivity contribution in [3.63, 3.8) is 0 Å². The van der Waals surface area contributed by atoms with Crippen LogP contribution in [0.25, 0.3) is 0 Å². The van der Waals surface area contributed by atoms with E-state index in [1.807, 2.05) is 35.2 Å². The number of ether oxygens (including phenoxy) is 1. The molecule has 1 heterocycles. The summed E-state index contributed by atoms with van der Waals surface area (Å²) in [4.78, 5) is 14.4. The van der Waals surface area contributed by atoms with Gasteiger partial charge in [0, 0.05) is 18.6 Å². The van der Waals surface area contributed by atoms with Crippen molar-refractivity contribution in [3.8, 4) is 0 Å². The van der Waals surface area contributed by atoms with E-state index in [0.29, 0.717) is 18.7 Å². The predicted molar refractivity (Wildman–Crippen MR) is 93.3 cm³/mol. The van der Waals surface area contributed by atoms with Crippen LogP contribution >= 0.6 is 0 Å². The highest BCUT2D eigenvalue weighted by Gasteiger charge is 2.27. The number of piperidine rings is 1. The lowest BCUT2D eigenvalue weighted by Crippen LogP contribution is -2.44. The van der Waals surface area contributed by atoms with E-state index >= 15 is 0 Å². The molecule has 1 saturated heterocycles. The van der Waals surface area contributed by atoms with Crippen LogP contribution in [0.1, 0.15) is 51.5 Å². The van der Waals surface area contributed by atoms with Gasteiger partial charge in [-0.05, 0) is 44.2 Å². The molecule has 1 aliphatic heterocycles. The van der Waals surface area contributed by atoms with Gasteiger partial charge < -0.3 is 15.0 Å². The predicted octanol–water partition coefficient (Wildman–Crippen LogP) is 3.96. The molecule has 0 aromatic heterocycles. The van der Waals surface area contributed by atoms with Gasteiger partial charge in [-0.15, -0.1) is 0 Å². The molecule has 2 rings (SSSR count). The van der Waals surface area contributed by atoms with Gasteiger partial charge in [0.15, 0.2) is 0 Å². The zero-order valence-corrected chi connectivity index (χ0v) is 14.5. The SMILES string of the molecule is CC(C)NCCCC1CCCCN1C(=O)OCc1ccccc1. The fraction of sp³-hybridized carbons (Fsp3) is 0.632. The van der Waals surface area contributed by atoms with Crippen molar-refractivity contribution in [2.24, 2.45) is 0 Å². The second kappa shape index (κ2) is 9.56. The van der Waals surface area contributed by atoms with Crippen molar-refractivity contribution in [2.45, 2.75) is 64.6 Å². The largest absolute Gasteiger partial charge is 0.445 e. The van der Waals surface area contributed by atoms with Gasteiger partial charge in [0.05, 0.1) is 0 Å². The summed E-state index contributed by atoms with van der Waals surface area (Å²) in [6.45, 7) is 6.52. The molecule has 0 bridgehead atoms. The maximum Gasteiger partial charge on any atom is 0.410 e. The van der Waals surface area contributed by atoms with Crippen molar-refractivity contribution < 1.29 is 9.53 Å². The Morgan fingerprint density at radius 1 is 1.30 bits per heavy atom. The number of likely N-dealkylation sites (tertiary alicyclic amines) is 1. The van der Waals surface area contributed by atoms with Crippen LogP contribution in [-0.2, 0) is 11.3 Å². The summed E-state index contributed by atoms with van der Waals surface area (Å²) in [7, 11) is 0. The summed E-state index contributed by atoms with van der Waals surface area (Å²) < 4.78 is 5.51. The molecule has 1 unspecified atom stereocenters. The van der Waals surface area contributed by atoms with Crippen molar-refractivity contribution in [1.82, 2.24) is 10.2 Å². The molecule has 23 heavy (non-hydrogen) atoms. The van der Waals surface area contributed by atoms with Gasteiger partial charge in [-0.2, -0.15) is 0 Å². The van der Waals surface area contributed by atoms with Gasteiger partial charge in [-0.1, -0.05) is 44.2 Å². The van der Waals surface area contributed by atoms with Crippen LogP contribution in [0.3, 0.4) is 0 Å². The minimum atomic E-state index is -0.157. The number of hydrogen-bond acceptors (Lipinski definition) is 3. The minimum Gasteiger partial charge on any atom is -0.445 e. The van der Waals surface area contributed by atoms with Crippen LogP contribution in [0, 0.1) is 0 Å². The zero-order valence-electron chi connectivity index (χ0n) is 14.5. The van der Waals surface area contributed by atoms with E-state index in [1.54, 1.807) is 0 Å². The van der Waals surface area contributed by atoms with Gasteiger partial charge in [0.1, 0.15) is 6.61 Å². The summed E-state index contributed by atoms with van der Waals surface area (Å²) in [6.07, 6.45) is 5.40. The van der Waals surface area contributed by atoms with E-state index in [0.717, 1.165) is 44.3 Å². The standard InChI is InChI=1S/C19H30N2O2/c1-16(2)20-13-8-12-18-11-6-7-14-21(18)19(22)23-15-17-9-4-3-5-10-17/h3-5,9-10,16,18,20H,6-8,11-15H2,1-2H3. The highest BCUT2D eigenvalue weighted by Crippen LogP contribution is 2.22. The lowest BCUT2D eigenvalue weighted by Gasteiger charge is -2.35. The minimum absolute atomic E-state index is 0.157. The fourth-order valence-corrected chi connectivity index (χ4v) is 3.07. The fourth-order valence-electron chi connectivity index (χ4n) is 3.07. The molecule has 0 aliphatic carbocycles. The van der Waals surface area contributed by atoms with Gasteiger partial charge in [-0.3, -0.25) is 0 Å². The van der Waals surface area contributed by atoms with E-state index in [4.69, 9.17) is 4.74 Å². The molecule has 0 saturated carbocycles. The van der Waals surface area contributed by atoms with E-state index < -0.39 is 0 Å². The number of hydrogen-bond donors (Lipinski definition) is 1. The maximum atomic E-state index is 12.4. The molecule has 1 aliphatic rings. The Balaban J connectivity index is 1.78. The number of amides is 1. The Hall–Kier alpha value is -1.55. The molecule has 128 valence electrons. The molecule has 1 amide bonds. The van der Waals surface area contributed by atoms with Gasteiger partial charge in [0.25, 0.3) is 0 Å². The van der Waals surface area contributed by atoms with Crippen molar-refractivity contribution >= 4 is 6.09 Å². The van der Waals surface area contributed by atoms with Crippen LogP contribution in [0.2, 0.25) is 0 Å². The molecular formula is C19H30N2O2. The zero-order chi connectivity index (χ0) is 16.5.